The average Bonchev–Trinajstić information content (AvgIpc) is 3.56. The number of carbonyl (C=O) groups is 1. The van der Waals surface area contributed by atoms with Crippen LogP contribution < -0.4 is 19.5 Å². The Bertz CT molecular complexity index is 1100. The number of anilines is 1. The van der Waals surface area contributed by atoms with Crippen molar-refractivity contribution >= 4 is 35.0 Å². The van der Waals surface area contributed by atoms with Gasteiger partial charge >= 0.3 is 0 Å². The molecule has 0 bridgehead atoms. The maximum Gasteiger partial charge on any atom is 0.234 e. The number of methoxy groups -OCH3 is 2. The Labute approximate surface area is 195 Å². The fourth-order valence-electron chi connectivity index (χ4n) is 3.15. The minimum Gasteiger partial charge on any atom is -0.493 e. The Morgan fingerprint density at radius 2 is 1.91 bits per heavy atom. The highest BCUT2D eigenvalue weighted by molar-refractivity contribution is 7.99. The molecule has 0 atom stereocenters. The molecule has 4 rings (SSSR count). The van der Waals surface area contributed by atoms with E-state index in [0.717, 1.165) is 18.7 Å². The van der Waals surface area contributed by atoms with Gasteiger partial charge in [0.15, 0.2) is 22.5 Å². The zero-order valence-corrected chi connectivity index (χ0v) is 19.3. The lowest BCUT2D eigenvalue weighted by Gasteiger charge is -2.11. The number of halogens is 1. The number of para-hydroxylation sites is 1. The summed E-state index contributed by atoms with van der Waals surface area (Å²) in [6.45, 7) is 0.256. The Kier molecular flexibility index (Phi) is 7.06. The number of nitrogens with zero attached hydrogens (tertiary/aromatic N) is 3. The smallest absolute Gasteiger partial charge is 0.234 e. The number of amides is 1. The Morgan fingerprint density at radius 3 is 2.62 bits per heavy atom. The van der Waals surface area contributed by atoms with Gasteiger partial charge in [0.1, 0.15) is 12.4 Å². The molecule has 0 spiro atoms. The van der Waals surface area contributed by atoms with E-state index < -0.39 is 0 Å². The zero-order chi connectivity index (χ0) is 22.5. The molecule has 0 aliphatic heterocycles. The van der Waals surface area contributed by atoms with Gasteiger partial charge < -0.3 is 19.5 Å². The van der Waals surface area contributed by atoms with E-state index in [4.69, 9.17) is 25.8 Å². The van der Waals surface area contributed by atoms with E-state index in [0.29, 0.717) is 39.2 Å². The molecular weight excluding hydrogens is 452 g/mol. The third-order valence-electron chi connectivity index (χ3n) is 4.84. The maximum atomic E-state index is 12.5. The molecule has 1 fully saturated rings. The first kappa shape index (κ1) is 22.3. The number of nitrogens with one attached hydrogen (secondary N) is 1. The maximum absolute atomic E-state index is 12.5. The number of thioether (sulfide) groups is 1. The second-order valence-electron chi connectivity index (χ2n) is 7.13. The number of ether oxygens (including phenoxy) is 3. The lowest BCUT2D eigenvalue weighted by atomic mass is 10.2. The van der Waals surface area contributed by atoms with Crippen LogP contribution >= 0.6 is 23.4 Å². The van der Waals surface area contributed by atoms with Gasteiger partial charge in [-0.15, -0.1) is 10.2 Å². The van der Waals surface area contributed by atoms with E-state index in [9.17, 15) is 4.79 Å². The third kappa shape index (κ3) is 5.28. The number of carbonyl (C=O) groups excluding carboxylic acids is 1. The standard InChI is InChI=1S/C22H23ClN4O4S/c1-29-18-10-7-14(11-19(18)30-2)24-21(28)13-32-22-26-25-20(27(22)15-8-9-15)12-31-17-6-4-3-5-16(17)23/h3-7,10-11,15H,8-9,12-13H2,1-2H3,(H,24,28). The van der Waals surface area contributed by atoms with Crippen molar-refractivity contribution in [1.82, 2.24) is 14.8 Å². The van der Waals surface area contributed by atoms with E-state index in [1.165, 1.54) is 11.8 Å². The minimum absolute atomic E-state index is 0.151. The van der Waals surface area contributed by atoms with Crippen molar-refractivity contribution in [2.24, 2.45) is 0 Å². The monoisotopic (exact) mass is 474 g/mol. The van der Waals surface area contributed by atoms with Crippen LogP contribution in [-0.4, -0.2) is 40.6 Å². The first-order valence-corrected chi connectivity index (χ1v) is 11.4. The molecular formula is C22H23ClN4O4S. The van der Waals surface area contributed by atoms with E-state index >= 15 is 0 Å². The number of aromatic nitrogens is 3. The number of benzene rings is 2. The van der Waals surface area contributed by atoms with Crippen molar-refractivity contribution in [3.8, 4) is 17.2 Å². The van der Waals surface area contributed by atoms with Crippen LogP contribution in [0.5, 0.6) is 17.2 Å². The SMILES string of the molecule is COc1ccc(NC(=O)CSc2nnc(COc3ccccc3Cl)n2C2CC2)cc1OC. The van der Waals surface area contributed by atoms with E-state index in [1.54, 1.807) is 38.5 Å². The Morgan fingerprint density at radius 1 is 1.12 bits per heavy atom. The number of hydrogen-bond acceptors (Lipinski definition) is 7. The molecule has 0 saturated heterocycles. The first-order valence-electron chi connectivity index (χ1n) is 10.0. The van der Waals surface area contributed by atoms with Crippen molar-refractivity contribution in [3.63, 3.8) is 0 Å². The van der Waals surface area contributed by atoms with Crippen LogP contribution in [0, 0.1) is 0 Å². The van der Waals surface area contributed by atoms with Crippen molar-refractivity contribution in [3.05, 3.63) is 53.3 Å². The van der Waals surface area contributed by atoms with Gasteiger partial charge in [0.25, 0.3) is 0 Å². The summed E-state index contributed by atoms with van der Waals surface area (Å²) in [5, 5.41) is 12.7. The predicted molar refractivity (Wildman–Crippen MR) is 123 cm³/mol. The molecule has 1 aliphatic carbocycles. The Balaban J connectivity index is 1.38. The molecule has 168 valence electrons. The van der Waals surface area contributed by atoms with Gasteiger partial charge in [-0.2, -0.15) is 0 Å². The van der Waals surface area contributed by atoms with Crippen LogP contribution in [0.1, 0.15) is 24.7 Å². The van der Waals surface area contributed by atoms with Crippen molar-refractivity contribution in [2.45, 2.75) is 30.6 Å². The predicted octanol–water partition coefficient (Wildman–Crippen LogP) is 4.59. The number of hydrogen-bond donors (Lipinski definition) is 1. The van der Waals surface area contributed by atoms with Gasteiger partial charge in [-0.25, -0.2) is 0 Å². The summed E-state index contributed by atoms with van der Waals surface area (Å²) in [5.41, 5.74) is 0.630. The molecule has 3 aromatic rings. The molecule has 10 heteroatoms. The molecule has 1 heterocycles. The van der Waals surface area contributed by atoms with E-state index in [-0.39, 0.29) is 18.3 Å². The van der Waals surface area contributed by atoms with Crippen LogP contribution in [0.2, 0.25) is 5.02 Å². The minimum atomic E-state index is -0.151. The molecule has 2 aromatic carbocycles. The summed E-state index contributed by atoms with van der Waals surface area (Å²) in [7, 11) is 3.12. The summed E-state index contributed by atoms with van der Waals surface area (Å²) in [5.74, 6) is 2.52. The summed E-state index contributed by atoms with van der Waals surface area (Å²) in [6.07, 6.45) is 2.12. The third-order valence-corrected chi connectivity index (χ3v) is 6.10. The summed E-state index contributed by atoms with van der Waals surface area (Å²) < 4.78 is 18.4. The van der Waals surface area contributed by atoms with Crippen LogP contribution in [-0.2, 0) is 11.4 Å². The Hall–Kier alpha value is -2.91. The fraction of sp³-hybridized carbons (Fsp3) is 0.318. The highest BCUT2D eigenvalue weighted by Gasteiger charge is 2.30. The molecule has 1 saturated carbocycles. The molecule has 1 aliphatic rings. The van der Waals surface area contributed by atoms with E-state index in [2.05, 4.69) is 20.1 Å². The average molecular weight is 475 g/mol. The highest BCUT2D eigenvalue weighted by atomic mass is 35.5. The van der Waals surface area contributed by atoms with Crippen LogP contribution in [0.3, 0.4) is 0 Å². The van der Waals surface area contributed by atoms with E-state index in [1.807, 2.05) is 18.2 Å². The molecule has 8 nitrogen and oxygen atoms in total. The van der Waals surface area contributed by atoms with Gasteiger partial charge in [0.2, 0.25) is 5.91 Å². The molecule has 0 unspecified atom stereocenters. The number of rotatable bonds is 10. The van der Waals surface area contributed by atoms with Gasteiger partial charge in [-0.1, -0.05) is 35.5 Å². The normalized spacial score (nSPS) is 13.0. The molecule has 0 radical (unpaired) electrons. The first-order chi connectivity index (χ1) is 15.6. The van der Waals surface area contributed by atoms with Crippen molar-refractivity contribution < 1.29 is 19.0 Å². The second kappa shape index (κ2) is 10.1. The zero-order valence-electron chi connectivity index (χ0n) is 17.7. The van der Waals surface area contributed by atoms with Crippen LogP contribution in [0.25, 0.3) is 0 Å². The molecule has 1 N–H and O–H groups in total. The lowest BCUT2D eigenvalue weighted by Crippen LogP contribution is -2.15. The van der Waals surface area contributed by atoms with Gasteiger partial charge in [0.05, 0.1) is 25.0 Å². The second-order valence-corrected chi connectivity index (χ2v) is 8.48. The topological polar surface area (TPSA) is 87.5 Å². The van der Waals surface area contributed by atoms with Gasteiger partial charge in [0, 0.05) is 17.8 Å². The quantitative estimate of drug-likeness (QED) is 0.430. The van der Waals surface area contributed by atoms with Crippen molar-refractivity contribution in [1.29, 1.82) is 0 Å². The highest BCUT2D eigenvalue weighted by Crippen LogP contribution is 2.39. The lowest BCUT2D eigenvalue weighted by molar-refractivity contribution is -0.113. The summed E-state index contributed by atoms with van der Waals surface area (Å²) >= 11 is 7.51. The van der Waals surface area contributed by atoms with Crippen LogP contribution in [0.4, 0.5) is 5.69 Å². The molecule has 32 heavy (non-hydrogen) atoms. The molecule has 1 aromatic heterocycles. The van der Waals surface area contributed by atoms with Crippen molar-refractivity contribution in [2.75, 3.05) is 25.3 Å². The van der Waals surface area contributed by atoms with Gasteiger partial charge in [-0.3, -0.25) is 9.36 Å². The fourth-order valence-corrected chi connectivity index (χ4v) is 4.16. The summed E-state index contributed by atoms with van der Waals surface area (Å²) in [4.78, 5) is 12.5. The largest absolute Gasteiger partial charge is 0.493 e. The summed E-state index contributed by atoms with van der Waals surface area (Å²) in [6, 6.07) is 12.9. The molecule has 1 amide bonds. The van der Waals surface area contributed by atoms with Crippen LogP contribution in [0.15, 0.2) is 47.6 Å². The van der Waals surface area contributed by atoms with Gasteiger partial charge in [-0.05, 0) is 37.1 Å².